The number of carbonyl (C=O) groups excluding carboxylic acids is 1. The minimum absolute atomic E-state index is 0.441. The highest BCUT2D eigenvalue weighted by molar-refractivity contribution is 7.88. The van der Waals surface area contributed by atoms with Crippen LogP contribution >= 0.6 is 0 Å². The van der Waals surface area contributed by atoms with E-state index in [-0.39, 0.29) is 0 Å². The number of carbonyl (C=O) groups is 1. The third kappa shape index (κ3) is 5.44. The molecule has 0 spiro atoms. The van der Waals surface area contributed by atoms with Crippen LogP contribution < -0.4 is 11.2 Å². The minimum Gasteiger partial charge on any atom is -0.443 e. The Balaban J connectivity index is 2.32. The van der Waals surface area contributed by atoms with Crippen LogP contribution in [0.4, 0.5) is 4.79 Å². The lowest BCUT2D eigenvalue weighted by atomic mass is 10.1. The van der Waals surface area contributed by atoms with Gasteiger partial charge in [-0.05, 0) is 20.8 Å². The van der Waals surface area contributed by atoms with Crippen LogP contribution in [0.2, 0.25) is 0 Å². The van der Waals surface area contributed by atoms with Crippen molar-refractivity contribution in [1.82, 2.24) is 13.9 Å². The van der Waals surface area contributed by atoms with Crippen LogP contribution in [0.5, 0.6) is 0 Å². The Bertz CT molecular complexity index is 963. The number of hydrogen-bond donors (Lipinski definition) is 2. The van der Waals surface area contributed by atoms with E-state index in [0.29, 0.717) is 4.31 Å². The van der Waals surface area contributed by atoms with Gasteiger partial charge in [0.2, 0.25) is 10.0 Å². The van der Waals surface area contributed by atoms with Crippen molar-refractivity contribution < 1.29 is 32.5 Å². The van der Waals surface area contributed by atoms with Crippen LogP contribution in [-0.2, 0) is 24.2 Å². The summed E-state index contributed by atoms with van der Waals surface area (Å²) < 4.78 is 41.6. The Labute approximate surface area is 167 Å². The fourth-order valence-corrected chi connectivity index (χ4v) is 3.52. The van der Waals surface area contributed by atoms with E-state index in [4.69, 9.17) is 14.2 Å². The van der Waals surface area contributed by atoms with Gasteiger partial charge in [-0.15, -0.1) is 0 Å². The molecule has 0 radical (unpaired) electrons. The van der Waals surface area contributed by atoms with Gasteiger partial charge in [-0.25, -0.2) is 22.3 Å². The first-order chi connectivity index (χ1) is 13.2. The van der Waals surface area contributed by atoms with Crippen molar-refractivity contribution in [3.8, 4) is 0 Å². The molecule has 1 fully saturated rings. The monoisotopic (exact) mass is 435 g/mol. The standard InChI is InChI=1S/C16H25N3O9S/c1-16(2,3)28-15(23)19(29(5,24)25)8-9-11(21)12(26-4)13(27-9)18-7-6-10(20)17-14(18)22/h6-7,9,11-13,21H,8H2,1-5H3,(H,17,20,22)/t9-,11-,12-,13-/m1/s1. The number of methoxy groups -OCH3 is 1. The summed E-state index contributed by atoms with van der Waals surface area (Å²) in [5.74, 6) is 0. The fraction of sp³-hybridized carbons (Fsp3) is 0.688. The molecule has 2 N–H and O–H groups in total. The number of nitrogens with one attached hydrogen (secondary N) is 1. The molecule has 1 aromatic rings. The number of aliphatic hydroxyl groups excluding tert-OH is 1. The second kappa shape index (κ2) is 8.26. The Hall–Kier alpha value is -2.22. The van der Waals surface area contributed by atoms with Gasteiger partial charge in [-0.2, -0.15) is 0 Å². The highest BCUT2D eigenvalue weighted by Crippen LogP contribution is 2.31. The zero-order valence-electron chi connectivity index (χ0n) is 16.7. The van der Waals surface area contributed by atoms with Gasteiger partial charge in [0.25, 0.3) is 5.56 Å². The molecule has 13 heteroatoms. The quantitative estimate of drug-likeness (QED) is 0.592. The van der Waals surface area contributed by atoms with E-state index < -0.39 is 64.1 Å². The SMILES string of the molecule is CO[C@@H]1[C@H](O)[C@@H](CN(C(=O)OC(C)(C)C)S(C)(=O)=O)O[C@H]1n1ccc(=O)[nH]c1=O. The van der Waals surface area contributed by atoms with Crippen LogP contribution in [0.3, 0.4) is 0 Å². The van der Waals surface area contributed by atoms with Crippen LogP contribution in [0.25, 0.3) is 0 Å². The summed E-state index contributed by atoms with van der Waals surface area (Å²) in [6, 6.07) is 1.08. The van der Waals surface area contributed by atoms with Gasteiger partial charge in [-0.1, -0.05) is 0 Å². The Kier molecular flexibility index (Phi) is 6.57. The predicted molar refractivity (Wildman–Crippen MR) is 99.8 cm³/mol. The van der Waals surface area contributed by atoms with Gasteiger partial charge in [-0.3, -0.25) is 14.3 Å². The lowest BCUT2D eigenvalue weighted by Crippen LogP contribution is -2.47. The molecule has 1 aromatic heterocycles. The topological polar surface area (TPSA) is 157 Å². The Morgan fingerprint density at radius 2 is 2.00 bits per heavy atom. The molecule has 1 aliphatic heterocycles. The van der Waals surface area contributed by atoms with Gasteiger partial charge < -0.3 is 19.3 Å². The number of aromatic amines is 1. The maximum atomic E-state index is 12.4. The van der Waals surface area contributed by atoms with Gasteiger partial charge >= 0.3 is 11.8 Å². The number of sulfonamides is 1. The maximum absolute atomic E-state index is 12.4. The summed E-state index contributed by atoms with van der Waals surface area (Å²) >= 11 is 0. The first-order valence-electron chi connectivity index (χ1n) is 8.63. The number of aliphatic hydroxyl groups is 1. The molecule has 2 heterocycles. The number of rotatable bonds is 5. The molecule has 0 saturated carbocycles. The van der Waals surface area contributed by atoms with E-state index >= 15 is 0 Å². The normalized spacial score (nSPS) is 25.0. The summed E-state index contributed by atoms with van der Waals surface area (Å²) in [6.07, 6.45) is -3.98. The van der Waals surface area contributed by atoms with Crippen LogP contribution in [-0.4, -0.2) is 77.3 Å². The van der Waals surface area contributed by atoms with Crippen LogP contribution in [0.15, 0.2) is 21.9 Å². The lowest BCUT2D eigenvalue weighted by molar-refractivity contribution is -0.0562. The smallest absolute Gasteiger partial charge is 0.424 e. The molecule has 12 nitrogen and oxygen atoms in total. The third-order valence-corrected chi connectivity index (χ3v) is 5.15. The molecule has 0 bridgehead atoms. The maximum Gasteiger partial charge on any atom is 0.424 e. The number of aromatic nitrogens is 2. The summed E-state index contributed by atoms with van der Waals surface area (Å²) in [5, 5.41) is 10.5. The molecule has 2 rings (SSSR count). The van der Waals surface area contributed by atoms with Crippen molar-refractivity contribution in [2.24, 2.45) is 0 Å². The van der Waals surface area contributed by atoms with Crippen LogP contribution in [0, 0.1) is 0 Å². The molecule has 1 aliphatic rings. The molecular formula is C16H25N3O9S. The highest BCUT2D eigenvalue weighted by Gasteiger charge is 2.47. The minimum atomic E-state index is -4.06. The molecular weight excluding hydrogens is 410 g/mol. The molecule has 1 saturated heterocycles. The van der Waals surface area contributed by atoms with Crippen molar-refractivity contribution in [3.63, 3.8) is 0 Å². The Morgan fingerprint density at radius 3 is 2.48 bits per heavy atom. The molecule has 4 atom stereocenters. The van der Waals surface area contributed by atoms with Crippen molar-refractivity contribution in [3.05, 3.63) is 33.1 Å². The molecule has 0 aromatic carbocycles. The van der Waals surface area contributed by atoms with Crippen molar-refractivity contribution >= 4 is 16.1 Å². The largest absolute Gasteiger partial charge is 0.443 e. The fourth-order valence-electron chi connectivity index (χ4n) is 2.80. The number of H-pyrrole nitrogens is 1. The number of ether oxygens (including phenoxy) is 3. The first kappa shape index (κ1) is 23.1. The molecule has 0 aliphatic carbocycles. The van der Waals surface area contributed by atoms with E-state index in [1.54, 1.807) is 20.8 Å². The van der Waals surface area contributed by atoms with E-state index in [0.717, 1.165) is 23.1 Å². The molecule has 1 amide bonds. The third-order valence-electron chi connectivity index (χ3n) is 4.05. The summed E-state index contributed by atoms with van der Waals surface area (Å²) in [6.45, 7) is 4.16. The van der Waals surface area contributed by atoms with E-state index in [2.05, 4.69) is 4.98 Å². The molecule has 164 valence electrons. The number of amides is 1. The molecule has 29 heavy (non-hydrogen) atoms. The predicted octanol–water partition coefficient (Wildman–Crippen LogP) is -0.993. The van der Waals surface area contributed by atoms with E-state index in [9.17, 15) is 27.9 Å². The van der Waals surface area contributed by atoms with E-state index in [1.165, 1.54) is 7.11 Å². The lowest BCUT2D eigenvalue weighted by Gasteiger charge is -2.28. The second-order valence-corrected chi connectivity index (χ2v) is 9.45. The summed E-state index contributed by atoms with van der Waals surface area (Å²) in [5.41, 5.74) is -2.37. The number of hydrogen-bond acceptors (Lipinski definition) is 9. The summed E-state index contributed by atoms with van der Waals surface area (Å²) in [4.78, 5) is 37.7. The average molecular weight is 435 g/mol. The van der Waals surface area contributed by atoms with Crippen LogP contribution in [0.1, 0.15) is 27.0 Å². The van der Waals surface area contributed by atoms with Gasteiger partial charge in [0.1, 0.15) is 23.9 Å². The first-order valence-corrected chi connectivity index (χ1v) is 10.5. The summed E-state index contributed by atoms with van der Waals surface area (Å²) in [7, 11) is -2.79. The van der Waals surface area contributed by atoms with E-state index in [1.807, 2.05) is 0 Å². The average Bonchev–Trinajstić information content (AvgIpc) is 2.85. The Morgan fingerprint density at radius 1 is 1.38 bits per heavy atom. The number of nitrogens with zero attached hydrogens (tertiary/aromatic N) is 2. The second-order valence-electron chi connectivity index (χ2n) is 7.55. The molecule has 0 unspecified atom stereocenters. The van der Waals surface area contributed by atoms with Gasteiger partial charge in [0, 0.05) is 19.4 Å². The zero-order chi connectivity index (χ0) is 22.1. The van der Waals surface area contributed by atoms with Crippen molar-refractivity contribution in [2.45, 2.75) is 50.9 Å². The highest BCUT2D eigenvalue weighted by atomic mass is 32.2. The van der Waals surface area contributed by atoms with Gasteiger partial charge in [0.15, 0.2) is 6.23 Å². The van der Waals surface area contributed by atoms with Gasteiger partial charge in [0.05, 0.1) is 12.8 Å². The zero-order valence-corrected chi connectivity index (χ0v) is 17.5. The van der Waals surface area contributed by atoms with Crippen molar-refractivity contribution in [2.75, 3.05) is 19.9 Å². The van der Waals surface area contributed by atoms with Crippen molar-refractivity contribution in [1.29, 1.82) is 0 Å².